The fourth-order valence-corrected chi connectivity index (χ4v) is 0. The van der Waals surface area contributed by atoms with E-state index in [1.807, 2.05) is 0 Å². The molecule has 3 heteroatoms. The lowest BCUT2D eigenvalue weighted by atomic mass is 10.6. The standard InChI is InChI=1S/C5H14N.C2H6S2/c1-5-6(2,3)4;1-3-4-2/h5H2,1-4H3;1-2H3/q+1;. The van der Waals surface area contributed by atoms with Crippen molar-refractivity contribution in [3.63, 3.8) is 0 Å². The highest BCUT2D eigenvalue weighted by molar-refractivity contribution is 8.76. The number of hydrogen-bond donors (Lipinski definition) is 0. The van der Waals surface area contributed by atoms with Crippen LogP contribution in [-0.2, 0) is 0 Å². The molecule has 0 amide bonds. The van der Waals surface area contributed by atoms with Crippen LogP contribution in [0.15, 0.2) is 0 Å². The van der Waals surface area contributed by atoms with Crippen molar-refractivity contribution < 1.29 is 4.48 Å². The van der Waals surface area contributed by atoms with Crippen LogP contribution in [0, 0.1) is 0 Å². The van der Waals surface area contributed by atoms with Crippen LogP contribution in [0.25, 0.3) is 0 Å². The Bertz CT molecular complexity index is 57.1. The van der Waals surface area contributed by atoms with Crippen LogP contribution in [0.2, 0.25) is 0 Å². The Kier molecular flexibility index (Phi) is 10.3. The van der Waals surface area contributed by atoms with Gasteiger partial charge in [-0.2, -0.15) is 0 Å². The molecule has 0 aliphatic carbocycles. The van der Waals surface area contributed by atoms with Gasteiger partial charge >= 0.3 is 0 Å². The first-order chi connectivity index (χ1) is 4.47. The molecule has 0 heterocycles. The molecule has 0 radical (unpaired) electrons. The molecule has 10 heavy (non-hydrogen) atoms. The van der Waals surface area contributed by atoms with Crippen molar-refractivity contribution in [2.75, 3.05) is 40.2 Å². The van der Waals surface area contributed by atoms with Crippen molar-refractivity contribution >= 4 is 21.6 Å². The van der Waals surface area contributed by atoms with Crippen LogP contribution in [0.1, 0.15) is 6.92 Å². The van der Waals surface area contributed by atoms with Crippen molar-refractivity contribution in [2.24, 2.45) is 0 Å². The summed E-state index contributed by atoms with van der Waals surface area (Å²) in [6, 6.07) is 0. The summed E-state index contributed by atoms with van der Waals surface area (Å²) in [4.78, 5) is 0. The summed E-state index contributed by atoms with van der Waals surface area (Å²) in [7, 11) is 10.1. The third kappa shape index (κ3) is 23.4. The Hall–Kier alpha value is 0.660. The molecule has 0 aromatic carbocycles. The topological polar surface area (TPSA) is 0 Å². The second kappa shape index (κ2) is 7.76. The van der Waals surface area contributed by atoms with E-state index in [0.717, 1.165) is 4.48 Å². The number of hydrogen-bond acceptors (Lipinski definition) is 2. The first-order valence-corrected chi connectivity index (χ1v) is 6.31. The van der Waals surface area contributed by atoms with Crippen LogP contribution in [0.5, 0.6) is 0 Å². The highest BCUT2D eigenvalue weighted by Gasteiger charge is 1.97. The Labute approximate surface area is 73.6 Å². The van der Waals surface area contributed by atoms with E-state index in [1.54, 1.807) is 21.6 Å². The highest BCUT2D eigenvalue weighted by Crippen LogP contribution is 2.09. The summed E-state index contributed by atoms with van der Waals surface area (Å²) < 4.78 is 1.07. The minimum absolute atomic E-state index is 1.07. The molecule has 0 saturated heterocycles. The number of rotatable bonds is 2. The Morgan fingerprint density at radius 3 is 1.20 bits per heavy atom. The van der Waals surface area contributed by atoms with Crippen molar-refractivity contribution in [3.8, 4) is 0 Å². The molecule has 0 aromatic heterocycles. The van der Waals surface area contributed by atoms with Crippen molar-refractivity contribution in [3.05, 3.63) is 0 Å². The zero-order valence-electron chi connectivity index (χ0n) is 7.97. The van der Waals surface area contributed by atoms with E-state index in [4.69, 9.17) is 0 Å². The molecule has 0 spiro atoms. The summed E-state index contributed by atoms with van der Waals surface area (Å²) in [6.45, 7) is 3.39. The van der Waals surface area contributed by atoms with Gasteiger partial charge in [-0.25, -0.2) is 0 Å². The summed E-state index contributed by atoms with van der Waals surface area (Å²) >= 11 is 0. The zero-order chi connectivity index (χ0) is 8.62. The van der Waals surface area contributed by atoms with Gasteiger partial charge in [-0.3, -0.25) is 0 Å². The maximum atomic E-state index is 2.18. The number of nitrogens with zero attached hydrogens (tertiary/aromatic N) is 1. The summed E-state index contributed by atoms with van der Waals surface area (Å²) in [5.41, 5.74) is 0. The maximum absolute atomic E-state index is 2.18. The lowest BCUT2D eigenvalue weighted by Crippen LogP contribution is -2.33. The van der Waals surface area contributed by atoms with Gasteiger partial charge in [0, 0.05) is 0 Å². The smallest absolute Gasteiger partial charge is 0.0751 e. The molecule has 0 rings (SSSR count). The monoisotopic (exact) mass is 182 g/mol. The number of quaternary nitrogens is 1. The average Bonchev–Trinajstić information content (AvgIpc) is 1.87. The Balaban J connectivity index is 0. The lowest BCUT2D eigenvalue weighted by molar-refractivity contribution is -0.868. The molecule has 0 fully saturated rings. The molecular formula is C7H20NS2+. The third-order valence-corrected chi connectivity index (χ3v) is 2.45. The van der Waals surface area contributed by atoms with Gasteiger partial charge in [-0.1, -0.05) is 21.6 Å². The van der Waals surface area contributed by atoms with E-state index >= 15 is 0 Å². The molecule has 64 valence electrons. The summed E-state index contributed by atoms with van der Waals surface area (Å²) in [5.74, 6) is 0. The largest absolute Gasteiger partial charge is 0.331 e. The second-order valence-corrected chi connectivity index (χ2v) is 5.61. The van der Waals surface area contributed by atoms with E-state index in [0.29, 0.717) is 0 Å². The van der Waals surface area contributed by atoms with Gasteiger partial charge in [0.25, 0.3) is 0 Å². The van der Waals surface area contributed by atoms with Gasteiger partial charge in [0.15, 0.2) is 0 Å². The predicted octanol–water partition coefficient (Wildman–Crippen LogP) is 2.34. The van der Waals surface area contributed by atoms with E-state index < -0.39 is 0 Å². The third-order valence-electron chi connectivity index (χ3n) is 1.12. The Morgan fingerprint density at radius 1 is 1.00 bits per heavy atom. The molecule has 1 nitrogen and oxygen atoms in total. The zero-order valence-corrected chi connectivity index (χ0v) is 9.60. The predicted molar refractivity (Wildman–Crippen MR) is 55.6 cm³/mol. The van der Waals surface area contributed by atoms with Gasteiger partial charge in [0.1, 0.15) is 0 Å². The van der Waals surface area contributed by atoms with E-state index in [9.17, 15) is 0 Å². The maximum Gasteiger partial charge on any atom is 0.0751 e. The molecular weight excluding hydrogens is 162 g/mol. The molecule has 0 saturated carbocycles. The highest BCUT2D eigenvalue weighted by atomic mass is 33.1. The summed E-state index contributed by atoms with van der Waals surface area (Å²) in [6.07, 6.45) is 4.12. The minimum atomic E-state index is 1.07. The van der Waals surface area contributed by atoms with Gasteiger partial charge in [0.2, 0.25) is 0 Å². The first kappa shape index (κ1) is 13.3. The molecule has 0 aliphatic heterocycles. The van der Waals surface area contributed by atoms with Crippen molar-refractivity contribution in [1.29, 1.82) is 0 Å². The fourth-order valence-electron chi connectivity index (χ4n) is 0. The molecule has 0 bridgehead atoms. The van der Waals surface area contributed by atoms with Crippen LogP contribution in [0.3, 0.4) is 0 Å². The van der Waals surface area contributed by atoms with E-state index in [-0.39, 0.29) is 0 Å². The minimum Gasteiger partial charge on any atom is -0.331 e. The SMILES string of the molecule is CC[N+](C)(C)C.CSSC. The summed E-state index contributed by atoms with van der Waals surface area (Å²) in [5, 5.41) is 0. The average molecular weight is 182 g/mol. The first-order valence-electron chi connectivity index (χ1n) is 3.35. The Morgan fingerprint density at radius 2 is 1.20 bits per heavy atom. The van der Waals surface area contributed by atoms with E-state index in [2.05, 4.69) is 40.6 Å². The van der Waals surface area contributed by atoms with Gasteiger partial charge < -0.3 is 4.48 Å². The normalized spacial score (nSPS) is 10.2. The van der Waals surface area contributed by atoms with E-state index in [1.165, 1.54) is 6.54 Å². The van der Waals surface area contributed by atoms with Crippen LogP contribution < -0.4 is 0 Å². The van der Waals surface area contributed by atoms with Crippen LogP contribution in [0.4, 0.5) is 0 Å². The second-order valence-electron chi connectivity index (χ2n) is 2.94. The van der Waals surface area contributed by atoms with Crippen LogP contribution in [-0.4, -0.2) is 44.7 Å². The molecule has 0 unspecified atom stereocenters. The van der Waals surface area contributed by atoms with Gasteiger partial charge in [0.05, 0.1) is 27.7 Å². The van der Waals surface area contributed by atoms with Gasteiger partial charge in [-0.05, 0) is 19.4 Å². The van der Waals surface area contributed by atoms with Crippen LogP contribution >= 0.6 is 21.6 Å². The molecule has 0 N–H and O–H groups in total. The molecule has 0 atom stereocenters. The lowest BCUT2D eigenvalue weighted by Gasteiger charge is -2.20. The molecule has 0 aromatic rings. The van der Waals surface area contributed by atoms with Crippen molar-refractivity contribution in [1.82, 2.24) is 0 Å². The quantitative estimate of drug-likeness (QED) is 0.475. The fraction of sp³-hybridized carbons (Fsp3) is 1.00. The van der Waals surface area contributed by atoms with Crippen molar-refractivity contribution in [2.45, 2.75) is 6.92 Å². The van der Waals surface area contributed by atoms with Gasteiger partial charge in [-0.15, -0.1) is 0 Å². The molecule has 0 aliphatic rings.